The summed E-state index contributed by atoms with van der Waals surface area (Å²) < 4.78 is 1.21. The molecule has 0 saturated carbocycles. The summed E-state index contributed by atoms with van der Waals surface area (Å²) in [6.07, 6.45) is 0. The second-order valence-corrected chi connectivity index (χ2v) is 6.92. The fourth-order valence-corrected chi connectivity index (χ4v) is 4.02. The molecule has 0 aliphatic heterocycles. The predicted octanol–water partition coefficient (Wildman–Crippen LogP) is 4.02. The van der Waals surface area contributed by atoms with E-state index in [1.165, 1.54) is 16.2 Å². The van der Waals surface area contributed by atoms with Crippen LogP contribution in [0.3, 0.4) is 0 Å². The normalized spacial score (nSPS) is 11.1. The highest BCUT2D eigenvalue weighted by Crippen LogP contribution is 2.27. The summed E-state index contributed by atoms with van der Waals surface area (Å²) in [5.41, 5.74) is 1.95. The number of carbonyl (C=O) groups excluding carboxylic acids is 1. The number of carbonyl (C=O) groups is 1. The molecule has 0 radical (unpaired) electrons. The van der Waals surface area contributed by atoms with Gasteiger partial charge in [-0.25, -0.2) is 0 Å². The second kappa shape index (κ2) is 6.18. The number of rotatable bonds is 3. The fraction of sp³-hybridized carbons (Fsp3) is 0.100. The van der Waals surface area contributed by atoms with E-state index in [2.05, 4.69) is 22.5 Å². The van der Waals surface area contributed by atoms with E-state index in [-0.39, 0.29) is 11.5 Å². The molecule has 0 aliphatic carbocycles. The zero-order valence-corrected chi connectivity index (χ0v) is 14.5. The molecule has 0 bridgehead atoms. The molecule has 5 heteroatoms. The lowest BCUT2D eigenvalue weighted by Crippen LogP contribution is -2.27. The van der Waals surface area contributed by atoms with Gasteiger partial charge in [-0.05, 0) is 28.5 Å². The van der Waals surface area contributed by atoms with Crippen LogP contribution in [-0.2, 0) is 6.54 Å². The van der Waals surface area contributed by atoms with Crippen molar-refractivity contribution in [1.82, 2.24) is 9.88 Å². The van der Waals surface area contributed by atoms with Crippen LogP contribution in [0, 0.1) is 0 Å². The largest absolute Gasteiger partial charge is 0.337 e. The number of nitrogens with one attached hydrogen (secondary N) is 1. The van der Waals surface area contributed by atoms with Gasteiger partial charge < -0.3 is 9.88 Å². The van der Waals surface area contributed by atoms with E-state index in [1.807, 2.05) is 30.3 Å². The molecule has 1 N–H and O–H groups in total. The maximum Gasteiger partial charge on any atom is 0.254 e. The Labute approximate surface area is 148 Å². The van der Waals surface area contributed by atoms with Crippen molar-refractivity contribution in [3.05, 3.63) is 81.5 Å². The standard InChI is InChI=1S/C20H16N2O2S/c1-22(11-13-12-25-18-9-5-3-6-14(13)18)20(24)16-10-19(23)21-17-8-4-2-7-15(16)17/h2-10,12H,11H2,1H3,(H,21,23). The smallest absolute Gasteiger partial charge is 0.254 e. The Morgan fingerprint density at radius 1 is 1.08 bits per heavy atom. The number of para-hydroxylation sites is 1. The summed E-state index contributed by atoms with van der Waals surface area (Å²) in [5.74, 6) is -0.155. The second-order valence-electron chi connectivity index (χ2n) is 6.01. The van der Waals surface area contributed by atoms with Crippen LogP contribution in [0.1, 0.15) is 15.9 Å². The minimum atomic E-state index is -0.267. The molecule has 2 aromatic carbocycles. The first-order chi connectivity index (χ1) is 12.1. The quantitative estimate of drug-likeness (QED) is 0.608. The highest BCUT2D eigenvalue weighted by atomic mass is 32.1. The highest BCUT2D eigenvalue weighted by Gasteiger charge is 2.17. The van der Waals surface area contributed by atoms with Crippen molar-refractivity contribution in [1.29, 1.82) is 0 Å². The molecule has 4 aromatic rings. The highest BCUT2D eigenvalue weighted by molar-refractivity contribution is 7.17. The molecule has 0 fully saturated rings. The third kappa shape index (κ3) is 2.83. The van der Waals surface area contributed by atoms with Crippen LogP contribution in [-0.4, -0.2) is 22.8 Å². The molecule has 4 rings (SSSR count). The van der Waals surface area contributed by atoms with Gasteiger partial charge in [0.15, 0.2) is 0 Å². The Balaban J connectivity index is 1.70. The van der Waals surface area contributed by atoms with Crippen molar-refractivity contribution in [3.8, 4) is 0 Å². The maximum atomic E-state index is 12.9. The Bertz CT molecular complexity index is 1140. The first kappa shape index (κ1) is 15.6. The number of hydrogen-bond donors (Lipinski definition) is 1. The van der Waals surface area contributed by atoms with Crippen molar-refractivity contribution >= 4 is 38.2 Å². The minimum Gasteiger partial charge on any atom is -0.337 e. The van der Waals surface area contributed by atoms with Crippen LogP contribution in [0.25, 0.3) is 21.0 Å². The van der Waals surface area contributed by atoms with Gasteiger partial charge in [-0.3, -0.25) is 9.59 Å². The van der Waals surface area contributed by atoms with Crippen LogP contribution >= 0.6 is 11.3 Å². The molecule has 0 saturated heterocycles. The summed E-state index contributed by atoms with van der Waals surface area (Å²) in [6, 6.07) is 16.9. The monoisotopic (exact) mass is 348 g/mol. The van der Waals surface area contributed by atoms with Gasteiger partial charge in [0.2, 0.25) is 5.56 Å². The molecule has 0 atom stereocenters. The SMILES string of the molecule is CN(Cc1csc2ccccc12)C(=O)c1cc(=O)[nH]c2ccccc12. The Kier molecular flexibility index (Phi) is 3.86. The van der Waals surface area contributed by atoms with Gasteiger partial charge in [0.25, 0.3) is 5.91 Å². The number of pyridine rings is 1. The number of amides is 1. The lowest BCUT2D eigenvalue weighted by Gasteiger charge is -2.18. The van der Waals surface area contributed by atoms with Crippen LogP contribution < -0.4 is 5.56 Å². The number of H-pyrrole nitrogens is 1. The van der Waals surface area contributed by atoms with Crippen LogP contribution in [0.15, 0.2) is 64.8 Å². The molecule has 4 nitrogen and oxygen atoms in total. The van der Waals surface area contributed by atoms with Gasteiger partial charge in [-0.15, -0.1) is 11.3 Å². The predicted molar refractivity (Wildman–Crippen MR) is 102 cm³/mol. The Morgan fingerprint density at radius 3 is 2.64 bits per heavy atom. The third-order valence-electron chi connectivity index (χ3n) is 4.30. The summed E-state index contributed by atoms with van der Waals surface area (Å²) >= 11 is 1.68. The fourth-order valence-electron chi connectivity index (χ4n) is 3.07. The van der Waals surface area contributed by atoms with Crippen molar-refractivity contribution in [2.45, 2.75) is 6.54 Å². The molecule has 25 heavy (non-hydrogen) atoms. The molecule has 124 valence electrons. The zero-order chi connectivity index (χ0) is 17.4. The molecule has 2 heterocycles. The third-order valence-corrected chi connectivity index (χ3v) is 5.31. The maximum absolute atomic E-state index is 12.9. The van der Waals surface area contributed by atoms with Gasteiger partial charge in [-0.2, -0.15) is 0 Å². The average Bonchev–Trinajstić information content (AvgIpc) is 3.03. The van der Waals surface area contributed by atoms with Gasteiger partial charge in [0.1, 0.15) is 0 Å². The average molecular weight is 348 g/mol. The molecular weight excluding hydrogens is 332 g/mol. The van der Waals surface area contributed by atoms with E-state index < -0.39 is 0 Å². The van der Waals surface area contributed by atoms with Crippen LogP contribution in [0.5, 0.6) is 0 Å². The van der Waals surface area contributed by atoms with E-state index in [9.17, 15) is 9.59 Å². The number of nitrogens with zero attached hydrogens (tertiary/aromatic N) is 1. The number of thiophene rings is 1. The Morgan fingerprint density at radius 2 is 1.80 bits per heavy atom. The summed E-state index contributed by atoms with van der Waals surface area (Å²) in [5, 5.41) is 4.02. The van der Waals surface area contributed by atoms with Gasteiger partial charge in [0, 0.05) is 35.3 Å². The molecule has 0 spiro atoms. The van der Waals surface area contributed by atoms with Gasteiger partial charge in [0.05, 0.1) is 5.56 Å². The van der Waals surface area contributed by atoms with E-state index in [0.717, 1.165) is 10.9 Å². The first-order valence-corrected chi connectivity index (χ1v) is 8.84. The molecule has 0 unspecified atom stereocenters. The topological polar surface area (TPSA) is 53.2 Å². The number of aromatic nitrogens is 1. The van der Waals surface area contributed by atoms with Gasteiger partial charge in [-0.1, -0.05) is 36.4 Å². The van der Waals surface area contributed by atoms with Crippen LogP contribution in [0.2, 0.25) is 0 Å². The molecular formula is C20H16N2O2S. The number of benzene rings is 2. The number of aromatic amines is 1. The van der Waals surface area contributed by atoms with Crippen molar-refractivity contribution < 1.29 is 4.79 Å². The minimum absolute atomic E-state index is 0.155. The summed E-state index contributed by atoms with van der Waals surface area (Å²) in [7, 11) is 1.77. The van der Waals surface area contributed by atoms with Crippen molar-refractivity contribution in [2.24, 2.45) is 0 Å². The van der Waals surface area contributed by atoms with Gasteiger partial charge >= 0.3 is 0 Å². The number of fused-ring (bicyclic) bond motifs is 2. The van der Waals surface area contributed by atoms with E-state index in [4.69, 9.17) is 0 Å². The molecule has 2 aromatic heterocycles. The molecule has 0 aliphatic rings. The Hall–Kier alpha value is -2.92. The van der Waals surface area contributed by atoms with Crippen molar-refractivity contribution in [2.75, 3.05) is 7.05 Å². The lowest BCUT2D eigenvalue weighted by molar-refractivity contribution is 0.0787. The van der Waals surface area contributed by atoms with E-state index in [1.54, 1.807) is 29.4 Å². The van der Waals surface area contributed by atoms with Crippen LogP contribution in [0.4, 0.5) is 0 Å². The lowest BCUT2D eigenvalue weighted by atomic mass is 10.1. The van der Waals surface area contributed by atoms with Crippen molar-refractivity contribution in [3.63, 3.8) is 0 Å². The summed E-state index contributed by atoms with van der Waals surface area (Å²) in [6.45, 7) is 0.504. The number of hydrogen-bond acceptors (Lipinski definition) is 3. The molecule has 1 amide bonds. The first-order valence-electron chi connectivity index (χ1n) is 7.96. The summed E-state index contributed by atoms with van der Waals surface area (Å²) in [4.78, 5) is 29.3. The van der Waals surface area contributed by atoms with E-state index in [0.29, 0.717) is 17.6 Å². The zero-order valence-electron chi connectivity index (χ0n) is 13.7. The van der Waals surface area contributed by atoms with E-state index >= 15 is 0 Å².